The second kappa shape index (κ2) is 4.53. The zero-order chi connectivity index (χ0) is 11.5. The Labute approximate surface area is 95.4 Å². The Balaban J connectivity index is 2.14. The highest BCUT2D eigenvalue weighted by molar-refractivity contribution is 5.84. The van der Waals surface area contributed by atoms with Crippen molar-refractivity contribution < 1.29 is 5.21 Å². The topological polar surface area (TPSA) is 61.9 Å². The molecule has 16 heavy (non-hydrogen) atoms. The molecule has 86 valence electrons. The first kappa shape index (κ1) is 11.0. The Morgan fingerprint density at radius 3 is 2.81 bits per heavy atom. The van der Waals surface area contributed by atoms with Crippen molar-refractivity contribution in [1.82, 2.24) is 4.90 Å². The fourth-order valence-corrected chi connectivity index (χ4v) is 2.12. The van der Waals surface area contributed by atoms with E-state index in [1.807, 2.05) is 6.92 Å². The molecule has 0 radical (unpaired) electrons. The van der Waals surface area contributed by atoms with Crippen molar-refractivity contribution in [3.05, 3.63) is 35.4 Å². The highest BCUT2D eigenvalue weighted by Gasteiger charge is 2.22. The smallest absolute Gasteiger partial charge is 0.156 e. The van der Waals surface area contributed by atoms with Crippen molar-refractivity contribution >= 4 is 5.84 Å². The summed E-state index contributed by atoms with van der Waals surface area (Å²) < 4.78 is 0. The van der Waals surface area contributed by atoms with E-state index in [0.29, 0.717) is 0 Å². The first-order chi connectivity index (χ1) is 7.72. The maximum Gasteiger partial charge on any atom is 0.156 e. The van der Waals surface area contributed by atoms with Crippen LogP contribution in [-0.4, -0.2) is 28.5 Å². The van der Waals surface area contributed by atoms with Gasteiger partial charge in [0.2, 0.25) is 0 Å². The molecule has 3 N–H and O–H groups in total. The van der Waals surface area contributed by atoms with Crippen LogP contribution in [0.15, 0.2) is 29.4 Å². The third-order valence-electron chi connectivity index (χ3n) is 3.25. The van der Waals surface area contributed by atoms with Gasteiger partial charge in [-0.1, -0.05) is 29.4 Å². The molecule has 0 fully saturated rings. The van der Waals surface area contributed by atoms with Crippen LogP contribution >= 0.6 is 0 Å². The van der Waals surface area contributed by atoms with Gasteiger partial charge in [-0.05, 0) is 24.5 Å². The average Bonchev–Trinajstić information content (AvgIpc) is 2.36. The van der Waals surface area contributed by atoms with Crippen molar-refractivity contribution in [3.63, 3.8) is 0 Å². The summed E-state index contributed by atoms with van der Waals surface area (Å²) in [6.07, 6.45) is 1.03. The van der Waals surface area contributed by atoms with E-state index in [-0.39, 0.29) is 11.9 Å². The number of nitrogens with zero attached hydrogens (tertiary/aromatic N) is 2. The standard InChI is InChI=1S/C12H17N3O/c1-9(12(13)14-16)15-7-6-10-4-2-3-5-11(10)8-15/h2-5,9,16H,6-8H2,1H3,(H2,13,14). The zero-order valence-electron chi connectivity index (χ0n) is 9.43. The van der Waals surface area contributed by atoms with Crippen LogP contribution in [0.3, 0.4) is 0 Å². The van der Waals surface area contributed by atoms with E-state index in [0.717, 1.165) is 19.5 Å². The molecule has 0 aliphatic carbocycles. The van der Waals surface area contributed by atoms with Gasteiger partial charge in [-0.2, -0.15) is 0 Å². The maximum absolute atomic E-state index is 8.67. The molecule has 1 aromatic rings. The van der Waals surface area contributed by atoms with Crippen LogP contribution in [0.2, 0.25) is 0 Å². The van der Waals surface area contributed by atoms with Crippen molar-refractivity contribution in [2.45, 2.75) is 25.9 Å². The lowest BCUT2D eigenvalue weighted by Gasteiger charge is -2.32. The van der Waals surface area contributed by atoms with Crippen LogP contribution < -0.4 is 5.73 Å². The van der Waals surface area contributed by atoms with Gasteiger partial charge in [0.1, 0.15) is 0 Å². The highest BCUT2D eigenvalue weighted by Crippen LogP contribution is 2.20. The molecule has 4 nitrogen and oxygen atoms in total. The van der Waals surface area contributed by atoms with Gasteiger partial charge in [-0.25, -0.2) is 0 Å². The summed E-state index contributed by atoms with van der Waals surface area (Å²) >= 11 is 0. The second-order valence-electron chi connectivity index (χ2n) is 4.19. The number of hydrogen-bond donors (Lipinski definition) is 2. The molecule has 1 atom stereocenters. The molecule has 0 spiro atoms. The molecule has 0 saturated heterocycles. The summed E-state index contributed by atoms with van der Waals surface area (Å²) in [5.74, 6) is 0.277. The Morgan fingerprint density at radius 1 is 1.44 bits per heavy atom. The Bertz CT molecular complexity index is 403. The van der Waals surface area contributed by atoms with E-state index in [1.54, 1.807) is 0 Å². The van der Waals surface area contributed by atoms with Crippen LogP contribution in [0.1, 0.15) is 18.1 Å². The number of amidine groups is 1. The van der Waals surface area contributed by atoms with E-state index in [4.69, 9.17) is 10.9 Å². The van der Waals surface area contributed by atoms with Gasteiger partial charge in [0.05, 0.1) is 6.04 Å². The van der Waals surface area contributed by atoms with Crippen molar-refractivity contribution in [3.8, 4) is 0 Å². The normalized spacial score (nSPS) is 19.2. The molecule has 1 aromatic carbocycles. The fraction of sp³-hybridized carbons (Fsp3) is 0.417. The molecule has 1 unspecified atom stereocenters. The first-order valence-electron chi connectivity index (χ1n) is 5.50. The summed E-state index contributed by atoms with van der Waals surface area (Å²) in [5, 5.41) is 11.7. The lowest BCUT2D eigenvalue weighted by atomic mass is 9.99. The number of hydrogen-bond acceptors (Lipinski definition) is 3. The molecule has 2 rings (SSSR count). The maximum atomic E-state index is 8.67. The lowest BCUT2D eigenvalue weighted by molar-refractivity contribution is 0.225. The molecule has 1 heterocycles. The van der Waals surface area contributed by atoms with Gasteiger partial charge >= 0.3 is 0 Å². The summed E-state index contributed by atoms with van der Waals surface area (Å²) in [5.41, 5.74) is 8.37. The minimum atomic E-state index is -0.0154. The molecular weight excluding hydrogens is 202 g/mol. The van der Waals surface area contributed by atoms with Gasteiger partial charge in [-0.15, -0.1) is 0 Å². The van der Waals surface area contributed by atoms with Gasteiger partial charge in [0, 0.05) is 13.1 Å². The number of fused-ring (bicyclic) bond motifs is 1. The van der Waals surface area contributed by atoms with E-state index in [1.165, 1.54) is 11.1 Å². The Hall–Kier alpha value is -1.55. The van der Waals surface area contributed by atoms with Gasteiger partial charge in [0.25, 0.3) is 0 Å². The largest absolute Gasteiger partial charge is 0.409 e. The van der Waals surface area contributed by atoms with E-state index >= 15 is 0 Å². The van der Waals surface area contributed by atoms with Crippen LogP contribution in [0.25, 0.3) is 0 Å². The number of oxime groups is 1. The zero-order valence-corrected chi connectivity index (χ0v) is 9.43. The van der Waals surface area contributed by atoms with E-state index in [2.05, 4.69) is 34.3 Å². The summed E-state index contributed by atoms with van der Waals surface area (Å²) in [7, 11) is 0. The molecule has 0 amide bonds. The minimum absolute atomic E-state index is 0.0154. The fourth-order valence-electron chi connectivity index (χ4n) is 2.12. The molecule has 0 aromatic heterocycles. The second-order valence-corrected chi connectivity index (χ2v) is 4.19. The van der Waals surface area contributed by atoms with Crippen molar-refractivity contribution in [2.75, 3.05) is 6.54 Å². The van der Waals surface area contributed by atoms with Gasteiger partial charge < -0.3 is 10.9 Å². The van der Waals surface area contributed by atoms with Crippen molar-refractivity contribution in [1.29, 1.82) is 0 Å². The van der Waals surface area contributed by atoms with Crippen LogP contribution in [0.5, 0.6) is 0 Å². The SMILES string of the molecule is CC(C(N)=NO)N1CCc2ccccc2C1. The molecule has 0 bridgehead atoms. The van der Waals surface area contributed by atoms with Crippen LogP contribution in [-0.2, 0) is 13.0 Å². The number of nitrogens with two attached hydrogens (primary N) is 1. The Morgan fingerprint density at radius 2 is 2.12 bits per heavy atom. The number of rotatable bonds is 2. The summed E-state index contributed by atoms with van der Waals surface area (Å²) in [6, 6.07) is 8.41. The molecular formula is C12H17N3O. The van der Waals surface area contributed by atoms with Gasteiger partial charge in [-0.3, -0.25) is 4.90 Å². The third kappa shape index (κ3) is 2.02. The van der Waals surface area contributed by atoms with Crippen molar-refractivity contribution in [2.24, 2.45) is 10.9 Å². The molecule has 1 aliphatic heterocycles. The Kier molecular flexibility index (Phi) is 3.10. The predicted molar refractivity (Wildman–Crippen MR) is 63.4 cm³/mol. The van der Waals surface area contributed by atoms with Crippen LogP contribution in [0.4, 0.5) is 0 Å². The quantitative estimate of drug-likeness (QED) is 0.340. The third-order valence-corrected chi connectivity index (χ3v) is 3.25. The van der Waals surface area contributed by atoms with Gasteiger partial charge in [0.15, 0.2) is 5.84 Å². The molecule has 4 heteroatoms. The molecule has 0 saturated carbocycles. The average molecular weight is 219 g/mol. The van der Waals surface area contributed by atoms with E-state index in [9.17, 15) is 0 Å². The van der Waals surface area contributed by atoms with E-state index < -0.39 is 0 Å². The summed E-state index contributed by atoms with van der Waals surface area (Å²) in [6.45, 7) is 3.78. The molecule has 1 aliphatic rings. The summed E-state index contributed by atoms with van der Waals surface area (Å²) in [4.78, 5) is 2.22. The van der Waals surface area contributed by atoms with Crippen LogP contribution in [0, 0.1) is 0 Å². The highest BCUT2D eigenvalue weighted by atomic mass is 16.4. The monoisotopic (exact) mass is 219 g/mol. The minimum Gasteiger partial charge on any atom is -0.409 e. The predicted octanol–water partition coefficient (Wildman–Crippen LogP) is 1.18. The first-order valence-corrected chi connectivity index (χ1v) is 5.50. The number of benzene rings is 1. The lowest BCUT2D eigenvalue weighted by Crippen LogP contribution is -2.45.